The molecule has 2 saturated heterocycles. The molecule has 0 saturated carbocycles. The van der Waals surface area contributed by atoms with Gasteiger partial charge in [0.05, 0.1) is 12.5 Å². The first kappa shape index (κ1) is 34.1. The van der Waals surface area contributed by atoms with Gasteiger partial charge in [-0.05, 0) is 48.1 Å². The van der Waals surface area contributed by atoms with E-state index in [2.05, 4.69) is 10.6 Å². The van der Waals surface area contributed by atoms with Crippen LogP contribution in [-0.2, 0) is 44.7 Å². The number of nitrogens with two attached hydrogens (primary N) is 1. The first-order chi connectivity index (χ1) is 23.6. The maximum atomic E-state index is 13.2. The third-order valence-corrected chi connectivity index (χ3v) is 8.95. The number of primary amides is 1. The fourth-order valence-electron chi connectivity index (χ4n) is 6.74. The second-order valence-electron chi connectivity index (χ2n) is 12.9. The average Bonchev–Trinajstić information content (AvgIpc) is 3.69. The number of carbonyl (C=O) groups is 4. The Morgan fingerprint density at radius 1 is 0.837 bits per heavy atom. The quantitative estimate of drug-likeness (QED) is 0.230. The fourth-order valence-corrected chi connectivity index (χ4v) is 6.74. The first-order valence-corrected chi connectivity index (χ1v) is 16.5. The van der Waals surface area contributed by atoms with Gasteiger partial charge in [-0.2, -0.15) is 0 Å². The van der Waals surface area contributed by atoms with Crippen molar-refractivity contribution in [3.8, 4) is 11.1 Å². The third-order valence-electron chi connectivity index (χ3n) is 8.95. The van der Waals surface area contributed by atoms with Gasteiger partial charge in [0.1, 0.15) is 37.6 Å². The standard InChI is InChI=1S/C37H41N3O9/c1-37(2)48-33-29(18-31(38)41)47-30(34(33)49-37)19-39-32(42)17-16-28(35(43)45-20-22-10-4-3-5-11-22)40-36(44)46-21-27-25-14-8-6-12-23(25)24-13-7-9-15-26(24)27/h3-15,27-30,33-34H,16-21H2,1-2H3,(H2,38,41)(H,39,42)(H,40,44)/t28-,29-,30+,33-,34+/m0/s1. The lowest BCUT2D eigenvalue weighted by molar-refractivity contribution is -0.187. The van der Waals surface area contributed by atoms with Crippen LogP contribution in [0.25, 0.3) is 11.1 Å². The van der Waals surface area contributed by atoms with Crippen molar-refractivity contribution in [3.05, 3.63) is 95.6 Å². The fraction of sp³-hybridized carbons (Fsp3) is 0.405. The molecule has 49 heavy (non-hydrogen) atoms. The molecule has 12 heteroatoms. The Labute approximate surface area is 284 Å². The number of hydrogen-bond acceptors (Lipinski definition) is 9. The summed E-state index contributed by atoms with van der Waals surface area (Å²) >= 11 is 0. The van der Waals surface area contributed by atoms with Crippen LogP contribution in [0.2, 0.25) is 0 Å². The Morgan fingerprint density at radius 2 is 1.45 bits per heavy atom. The Kier molecular flexibility index (Phi) is 10.3. The molecule has 0 bridgehead atoms. The largest absolute Gasteiger partial charge is 0.459 e. The van der Waals surface area contributed by atoms with E-state index in [1.807, 2.05) is 78.9 Å². The average molecular weight is 672 g/mol. The number of hydrogen-bond donors (Lipinski definition) is 3. The van der Waals surface area contributed by atoms with Crippen molar-refractivity contribution in [3.63, 3.8) is 0 Å². The predicted octanol–water partition coefficient (Wildman–Crippen LogP) is 3.70. The van der Waals surface area contributed by atoms with E-state index in [4.69, 9.17) is 29.4 Å². The van der Waals surface area contributed by atoms with Gasteiger partial charge in [0.2, 0.25) is 11.8 Å². The number of benzene rings is 3. The van der Waals surface area contributed by atoms with E-state index in [-0.39, 0.29) is 50.8 Å². The Bertz CT molecular complexity index is 1630. The summed E-state index contributed by atoms with van der Waals surface area (Å²) in [5.74, 6) is -2.65. The van der Waals surface area contributed by atoms with Gasteiger partial charge in [0.15, 0.2) is 5.79 Å². The van der Waals surface area contributed by atoms with Crippen LogP contribution in [0.3, 0.4) is 0 Å². The summed E-state index contributed by atoms with van der Waals surface area (Å²) < 4.78 is 29.1. The smallest absolute Gasteiger partial charge is 0.407 e. The van der Waals surface area contributed by atoms with Crippen LogP contribution in [0.15, 0.2) is 78.9 Å². The Morgan fingerprint density at radius 3 is 2.10 bits per heavy atom. The summed E-state index contributed by atoms with van der Waals surface area (Å²) in [6.07, 6.45) is -3.18. The van der Waals surface area contributed by atoms with E-state index < -0.39 is 54.2 Å². The van der Waals surface area contributed by atoms with Crippen molar-refractivity contribution in [2.45, 2.75) is 81.9 Å². The lowest BCUT2D eigenvalue weighted by Crippen LogP contribution is -2.44. The molecular formula is C37H41N3O9. The van der Waals surface area contributed by atoms with E-state index in [0.717, 1.165) is 27.8 Å². The molecule has 3 aliphatic rings. The molecular weight excluding hydrogens is 630 g/mol. The molecule has 1 aliphatic carbocycles. The number of carbonyl (C=O) groups excluding carboxylic acids is 4. The SMILES string of the molecule is CC1(C)O[C@@H]2[C@H](O1)[C@@H](CNC(=O)CC[C@H](NC(=O)OCC1c3ccccc3-c3ccccc31)C(=O)OCc1ccccc1)O[C@H]2CC(N)=O. The molecule has 0 radical (unpaired) electrons. The summed E-state index contributed by atoms with van der Waals surface area (Å²) in [5, 5.41) is 5.43. The van der Waals surface area contributed by atoms with Crippen molar-refractivity contribution in [1.82, 2.24) is 10.6 Å². The minimum absolute atomic E-state index is 0.00119. The molecule has 258 valence electrons. The molecule has 3 aromatic carbocycles. The number of rotatable bonds is 13. The zero-order valence-electron chi connectivity index (χ0n) is 27.5. The lowest BCUT2D eigenvalue weighted by Gasteiger charge is -2.24. The molecule has 6 rings (SSSR count). The highest BCUT2D eigenvalue weighted by molar-refractivity contribution is 5.83. The second-order valence-corrected chi connectivity index (χ2v) is 12.9. The number of alkyl carbamates (subject to hydrolysis) is 1. The molecule has 0 spiro atoms. The minimum Gasteiger partial charge on any atom is -0.459 e. The minimum atomic E-state index is -1.15. The van der Waals surface area contributed by atoms with Crippen LogP contribution in [-0.4, -0.2) is 73.3 Å². The highest BCUT2D eigenvalue weighted by atomic mass is 16.8. The van der Waals surface area contributed by atoms with Gasteiger partial charge in [-0.25, -0.2) is 9.59 Å². The summed E-state index contributed by atoms with van der Waals surface area (Å²) in [6, 6.07) is 24.0. The molecule has 3 amide bonds. The van der Waals surface area contributed by atoms with Crippen LogP contribution in [0.5, 0.6) is 0 Å². The number of fused-ring (bicyclic) bond motifs is 4. The molecule has 2 heterocycles. The maximum absolute atomic E-state index is 13.2. The summed E-state index contributed by atoms with van der Waals surface area (Å²) in [4.78, 5) is 50.9. The van der Waals surface area contributed by atoms with E-state index in [0.29, 0.717) is 0 Å². The third kappa shape index (κ3) is 8.10. The van der Waals surface area contributed by atoms with Gasteiger partial charge >= 0.3 is 12.1 Å². The summed E-state index contributed by atoms with van der Waals surface area (Å²) in [7, 11) is 0. The van der Waals surface area contributed by atoms with E-state index >= 15 is 0 Å². The number of nitrogens with one attached hydrogen (secondary N) is 2. The highest BCUT2D eigenvalue weighted by Gasteiger charge is 2.55. The monoisotopic (exact) mass is 671 g/mol. The van der Waals surface area contributed by atoms with Crippen LogP contribution < -0.4 is 16.4 Å². The van der Waals surface area contributed by atoms with Crippen LogP contribution in [0.1, 0.15) is 55.7 Å². The predicted molar refractivity (Wildman–Crippen MR) is 177 cm³/mol. The van der Waals surface area contributed by atoms with Gasteiger partial charge in [-0.1, -0.05) is 78.9 Å². The summed E-state index contributed by atoms with van der Waals surface area (Å²) in [5.41, 5.74) is 10.5. The number of ether oxygens (including phenoxy) is 5. The van der Waals surface area contributed by atoms with Gasteiger partial charge in [0.25, 0.3) is 0 Å². The zero-order chi connectivity index (χ0) is 34.5. The van der Waals surface area contributed by atoms with Crippen molar-refractivity contribution in [1.29, 1.82) is 0 Å². The number of esters is 1. The van der Waals surface area contributed by atoms with E-state index in [9.17, 15) is 19.2 Å². The second kappa shape index (κ2) is 14.8. The molecule has 3 aromatic rings. The van der Waals surface area contributed by atoms with Crippen LogP contribution in [0, 0.1) is 0 Å². The Hall–Kier alpha value is -4.78. The molecule has 2 aliphatic heterocycles. The van der Waals surface area contributed by atoms with Gasteiger partial charge in [-0.15, -0.1) is 0 Å². The molecule has 0 unspecified atom stereocenters. The van der Waals surface area contributed by atoms with Crippen LogP contribution in [0.4, 0.5) is 4.79 Å². The first-order valence-electron chi connectivity index (χ1n) is 16.5. The molecule has 12 nitrogen and oxygen atoms in total. The van der Waals surface area contributed by atoms with E-state index in [1.54, 1.807) is 13.8 Å². The Balaban J connectivity index is 1.06. The normalized spacial score (nSPS) is 22.3. The van der Waals surface area contributed by atoms with E-state index in [1.165, 1.54) is 0 Å². The highest BCUT2D eigenvalue weighted by Crippen LogP contribution is 2.44. The summed E-state index contributed by atoms with van der Waals surface area (Å²) in [6.45, 7) is 3.68. The molecule has 4 N–H and O–H groups in total. The lowest BCUT2D eigenvalue weighted by atomic mass is 9.98. The van der Waals surface area contributed by atoms with Gasteiger partial charge in [-0.3, -0.25) is 9.59 Å². The maximum Gasteiger partial charge on any atom is 0.407 e. The number of amides is 3. The van der Waals surface area contributed by atoms with Crippen molar-refractivity contribution >= 4 is 23.9 Å². The van der Waals surface area contributed by atoms with Crippen molar-refractivity contribution in [2.24, 2.45) is 5.73 Å². The van der Waals surface area contributed by atoms with Gasteiger partial charge < -0.3 is 40.1 Å². The molecule has 5 atom stereocenters. The molecule has 0 aromatic heterocycles. The topological polar surface area (TPSA) is 165 Å². The van der Waals surface area contributed by atoms with Crippen molar-refractivity contribution < 1.29 is 42.9 Å². The van der Waals surface area contributed by atoms with Gasteiger partial charge in [0, 0.05) is 18.9 Å². The van der Waals surface area contributed by atoms with Crippen LogP contribution >= 0.6 is 0 Å². The van der Waals surface area contributed by atoms with Crippen molar-refractivity contribution in [2.75, 3.05) is 13.2 Å². The zero-order valence-corrected chi connectivity index (χ0v) is 27.5. The molecule has 2 fully saturated rings.